The molecule has 2 heterocycles. The Bertz CT molecular complexity index is 795. The Hall–Kier alpha value is -1.64. The second-order valence-electron chi connectivity index (χ2n) is 8.57. The van der Waals surface area contributed by atoms with Gasteiger partial charge in [-0.05, 0) is 49.3 Å². The van der Waals surface area contributed by atoms with Crippen molar-refractivity contribution in [1.82, 2.24) is 13.9 Å². The first-order chi connectivity index (χ1) is 13.8. The summed E-state index contributed by atoms with van der Waals surface area (Å²) in [5.41, 5.74) is 2.30. The van der Waals surface area contributed by atoms with E-state index in [-0.39, 0.29) is 18.4 Å². The van der Waals surface area contributed by atoms with Gasteiger partial charge in [0.15, 0.2) is 0 Å². The highest BCUT2D eigenvalue weighted by atomic mass is 32.2. The molecule has 1 aromatic carbocycles. The molecule has 2 aliphatic heterocycles. The summed E-state index contributed by atoms with van der Waals surface area (Å²) in [5.74, 6) is 0.360. The van der Waals surface area contributed by atoms with Crippen molar-refractivity contribution in [2.75, 3.05) is 45.2 Å². The molecule has 162 valence electrons. The maximum Gasteiger partial charge on any atom is 0.281 e. The van der Waals surface area contributed by atoms with Crippen molar-refractivity contribution in [1.29, 1.82) is 0 Å². The van der Waals surface area contributed by atoms with Crippen LogP contribution < -0.4 is 10.2 Å². The van der Waals surface area contributed by atoms with Crippen molar-refractivity contribution < 1.29 is 13.2 Å². The van der Waals surface area contributed by atoms with Crippen molar-refractivity contribution in [3.63, 3.8) is 0 Å². The van der Waals surface area contributed by atoms with Crippen LogP contribution in [-0.2, 0) is 21.5 Å². The highest BCUT2D eigenvalue weighted by Crippen LogP contribution is 2.24. The predicted octanol–water partition coefficient (Wildman–Crippen LogP) is 2.06. The molecule has 1 aromatic rings. The molecule has 2 saturated heterocycles. The van der Waals surface area contributed by atoms with E-state index in [9.17, 15) is 13.2 Å². The number of hydrogen-bond donors (Lipinski definition) is 1. The second kappa shape index (κ2) is 9.45. The van der Waals surface area contributed by atoms with Crippen LogP contribution in [0.2, 0.25) is 0 Å². The lowest BCUT2D eigenvalue weighted by atomic mass is 9.98. The normalized spacial score (nSPS) is 23.9. The first kappa shape index (κ1) is 22.1. The van der Waals surface area contributed by atoms with E-state index in [0.29, 0.717) is 19.5 Å². The molecule has 29 heavy (non-hydrogen) atoms. The van der Waals surface area contributed by atoms with E-state index >= 15 is 0 Å². The molecule has 1 amide bonds. The molecule has 7 nitrogen and oxygen atoms in total. The number of anilines is 1. The number of carbonyl (C=O) groups is 1. The molecule has 0 radical (unpaired) electrons. The minimum absolute atomic E-state index is 0.0717. The van der Waals surface area contributed by atoms with Gasteiger partial charge in [0.2, 0.25) is 5.91 Å². The quantitative estimate of drug-likeness (QED) is 0.762. The molecule has 0 saturated carbocycles. The molecule has 0 aliphatic carbocycles. The topological polar surface area (TPSA) is 73.0 Å². The van der Waals surface area contributed by atoms with Gasteiger partial charge in [-0.3, -0.25) is 4.79 Å². The Morgan fingerprint density at radius 2 is 1.79 bits per heavy atom. The Kier molecular flexibility index (Phi) is 7.19. The van der Waals surface area contributed by atoms with Crippen molar-refractivity contribution in [3.8, 4) is 0 Å². The summed E-state index contributed by atoms with van der Waals surface area (Å²) < 4.78 is 27.3. The van der Waals surface area contributed by atoms with Crippen LogP contribution in [0.5, 0.6) is 0 Å². The van der Waals surface area contributed by atoms with E-state index in [1.807, 2.05) is 0 Å². The Morgan fingerprint density at radius 3 is 2.45 bits per heavy atom. The average molecular weight is 423 g/mol. The van der Waals surface area contributed by atoms with Gasteiger partial charge in [0.05, 0.1) is 5.92 Å². The highest BCUT2D eigenvalue weighted by molar-refractivity contribution is 7.86. The molecule has 0 unspecified atom stereocenters. The van der Waals surface area contributed by atoms with Crippen LogP contribution in [0.4, 0.5) is 5.69 Å². The number of rotatable bonds is 6. The summed E-state index contributed by atoms with van der Waals surface area (Å²) in [6, 6.07) is 8.40. The third kappa shape index (κ3) is 5.49. The van der Waals surface area contributed by atoms with E-state index < -0.39 is 10.2 Å². The summed E-state index contributed by atoms with van der Waals surface area (Å²) in [6.07, 6.45) is 3.96. The average Bonchev–Trinajstić information content (AvgIpc) is 2.72. The first-order valence-corrected chi connectivity index (χ1v) is 12.0. The summed E-state index contributed by atoms with van der Waals surface area (Å²) in [4.78, 5) is 15.0. The summed E-state index contributed by atoms with van der Waals surface area (Å²) in [7, 11) is -0.429. The first-order valence-electron chi connectivity index (χ1n) is 10.6. The van der Waals surface area contributed by atoms with Gasteiger partial charge in [0.1, 0.15) is 0 Å². The van der Waals surface area contributed by atoms with Gasteiger partial charge in [0.25, 0.3) is 10.2 Å². The zero-order chi connectivity index (χ0) is 21.0. The molecule has 1 N–H and O–H groups in total. The molecule has 2 atom stereocenters. The van der Waals surface area contributed by atoms with Crippen molar-refractivity contribution >= 4 is 21.8 Å². The molecule has 0 aromatic heterocycles. The maximum absolute atomic E-state index is 12.6. The number of hydrogen-bond acceptors (Lipinski definition) is 4. The van der Waals surface area contributed by atoms with Crippen LogP contribution in [-0.4, -0.2) is 63.2 Å². The molecular weight excluding hydrogens is 388 g/mol. The molecular formula is C21H34N4O3S. The minimum atomic E-state index is -3.47. The fourth-order valence-corrected chi connectivity index (χ4v) is 5.37. The highest BCUT2D eigenvalue weighted by Gasteiger charge is 2.33. The third-order valence-corrected chi connectivity index (χ3v) is 7.87. The summed E-state index contributed by atoms with van der Waals surface area (Å²) in [6.45, 7) is 5.69. The summed E-state index contributed by atoms with van der Waals surface area (Å²) >= 11 is 0. The number of nitrogens with one attached hydrogen (secondary N) is 1. The van der Waals surface area contributed by atoms with Crippen LogP contribution >= 0.6 is 0 Å². The lowest BCUT2D eigenvalue weighted by Crippen LogP contribution is -2.48. The van der Waals surface area contributed by atoms with E-state index in [1.54, 1.807) is 0 Å². The fourth-order valence-electron chi connectivity index (χ4n) is 4.18. The van der Waals surface area contributed by atoms with Gasteiger partial charge in [0, 0.05) is 52.5 Å². The number of nitrogens with zero attached hydrogens (tertiary/aromatic N) is 3. The van der Waals surface area contributed by atoms with Crippen molar-refractivity contribution in [2.24, 2.45) is 11.8 Å². The van der Waals surface area contributed by atoms with Gasteiger partial charge < -0.3 is 10.2 Å². The number of benzene rings is 1. The van der Waals surface area contributed by atoms with Crippen LogP contribution in [0, 0.1) is 11.8 Å². The molecule has 2 fully saturated rings. The van der Waals surface area contributed by atoms with Crippen LogP contribution in [0.3, 0.4) is 0 Å². The molecule has 0 spiro atoms. The molecule has 2 aliphatic rings. The lowest BCUT2D eigenvalue weighted by Gasteiger charge is -2.33. The van der Waals surface area contributed by atoms with E-state index in [4.69, 9.17) is 0 Å². The summed E-state index contributed by atoms with van der Waals surface area (Å²) in [5, 5.41) is 2.99. The second-order valence-corrected chi connectivity index (χ2v) is 10.7. The standard InChI is InChI=1S/C21H34N4O3S/c1-17-6-4-12-24(15-17)20-10-8-18(9-11-20)14-22-21(26)19-7-5-13-25(16-19)29(27,28)23(2)3/h8-11,17,19H,4-7,12-16H2,1-3H3,(H,22,26)/t17-,19+/m1/s1. The third-order valence-electron chi connectivity index (χ3n) is 5.97. The molecule has 0 bridgehead atoms. The largest absolute Gasteiger partial charge is 0.371 e. The van der Waals surface area contributed by atoms with Crippen LogP contribution in [0.1, 0.15) is 38.2 Å². The monoisotopic (exact) mass is 422 g/mol. The lowest BCUT2D eigenvalue weighted by molar-refractivity contribution is -0.126. The zero-order valence-corrected chi connectivity index (χ0v) is 18.6. The molecule has 8 heteroatoms. The molecule has 3 rings (SSSR count). The number of amides is 1. The fraction of sp³-hybridized carbons (Fsp3) is 0.667. The predicted molar refractivity (Wildman–Crippen MR) is 116 cm³/mol. The number of carbonyl (C=O) groups excluding carboxylic acids is 1. The Labute approximate surface area is 175 Å². The van der Waals surface area contributed by atoms with Gasteiger partial charge in [-0.15, -0.1) is 0 Å². The number of piperidine rings is 2. The van der Waals surface area contributed by atoms with E-state index in [0.717, 1.165) is 31.0 Å². The van der Waals surface area contributed by atoms with Crippen molar-refractivity contribution in [3.05, 3.63) is 29.8 Å². The van der Waals surface area contributed by atoms with Gasteiger partial charge in [-0.1, -0.05) is 19.1 Å². The van der Waals surface area contributed by atoms with E-state index in [2.05, 4.69) is 41.4 Å². The smallest absolute Gasteiger partial charge is 0.281 e. The zero-order valence-electron chi connectivity index (χ0n) is 17.8. The SMILES string of the molecule is C[C@@H]1CCCN(c2ccc(CNC(=O)[C@H]3CCCN(S(=O)(=O)N(C)C)C3)cc2)C1. The minimum Gasteiger partial charge on any atom is -0.371 e. The van der Waals surface area contributed by atoms with Gasteiger partial charge in [-0.25, -0.2) is 0 Å². The van der Waals surface area contributed by atoms with Crippen LogP contribution in [0.25, 0.3) is 0 Å². The van der Waals surface area contributed by atoms with Crippen molar-refractivity contribution in [2.45, 2.75) is 39.2 Å². The van der Waals surface area contributed by atoms with Gasteiger partial charge >= 0.3 is 0 Å². The van der Waals surface area contributed by atoms with E-state index in [1.165, 1.54) is 41.2 Å². The van der Waals surface area contributed by atoms with Crippen LogP contribution in [0.15, 0.2) is 24.3 Å². The van der Waals surface area contributed by atoms with Gasteiger partial charge in [-0.2, -0.15) is 17.0 Å². The maximum atomic E-state index is 12.6. The Balaban J connectivity index is 1.52. The Morgan fingerprint density at radius 1 is 1.10 bits per heavy atom.